The van der Waals surface area contributed by atoms with Crippen LogP contribution in [0.3, 0.4) is 0 Å². The molecular weight excluding hydrogens is 273 g/mol. The minimum absolute atomic E-state index is 0.0669. The third-order valence-electron chi connectivity index (χ3n) is 2.79. The highest BCUT2D eigenvalue weighted by Crippen LogP contribution is 2.24. The maximum Gasteiger partial charge on any atom is 0.490 e. The summed E-state index contributed by atoms with van der Waals surface area (Å²) >= 11 is 0. The van der Waals surface area contributed by atoms with Gasteiger partial charge in [-0.15, -0.1) is 0 Å². The zero-order valence-corrected chi connectivity index (χ0v) is 10.3. The number of hydrogen-bond acceptors (Lipinski definition) is 3. The molecule has 0 saturated heterocycles. The van der Waals surface area contributed by atoms with Gasteiger partial charge in [0.05, 0.1) is 6.61 Å². The Balaban J connectivity index is 2.11. The topological polar surface area (TPSA) is 46.5 Å². The molecule has 3 nitrogen and oxygen atoms in total. The van der Waals surface area contributed by atoms with Crippen molar-refractivity contribution in [2.75, 3.05) is 6.61 Å². The second-order valence-electron chi connectivity index (χ2n) is 4.21. The lowest BCUT2D eigenvalue weighted by Crippen LogP contribution is -2.26. The van der Waals surface area contributed by atoms with E-state index in [2.05, 4.69) is 4.74 Å². The number of aromatic hydroxyl groups is 1. The molecule has 0 atom stereocenters. The number of halogens is 3. The molecule has 0 fully saturated rings. The minimum Gasteiger partial charge on any atom is -0.508 e. The van der Waals surface area contributed by atoms with E-state index in [0.29, 0.717) is 5.56 Å². The van der Waals surface area contributed by atoms with Crippen LogP contribution in [0.25, 0.3) is 10.8 Å². The predicted octanol–water partition coefficient (Wildman–Crippen LogP) is 3.19. The van der Waals surface area contributed by atoms with Gasteiger partial charge in [0, 0.05) is 6.42 Å². The highest BCUT2D eigenvalue weighted by molar-refractivity contribution is 5.87. The summed E-state index contributed by atoms with van der Waals surface area (Å²) in [5, 5.41) is 11.0. The van der Waals surface area contributed by atoms with Gasteiger partial charge >= 0.3 is 12.1 Å². The SMILES string of the molecule is O=C(OCCc1cccc2ccc(O)cc12)C(F)(F)F. The first kappa shape index (κ1) is 14.2. The highest BCUT2D eigenvalue weighted by Gasteiger charge is 2.40. The summed E-state index contributed by atoms with van der Waals surface area (Å²) in [7, 11) is 0. The summed E-state index contributed by atoms with van der Waals surface area (Å²) in [4.78, 5) is 10.6. The van der Waals surface area contributed by atoms with E-state index in [1.807, 2.05) is 6.07 Å². The molecule has 2 aromatic carbocycles. The Hall–Kier alpha value is -2.24. The van der Waals surface area contributed by atoms with Crippen LogP contribution in [0.2, 0.25) is 0 Å². The van der Waals surface area contributed by atoms with Gasteiger partial charge in [-0.2, -0.15) is 13.2 Å². The Kier molecular flexibility index (Phi) is 3.83. The zero-order chi connectivity index (χ0) is 14.8. The fraction of sp³-hybridized carbons (Fsp3) is 0.214. The highest BCUT2D eigenvalue weighted by atomic mass is 19.4. The van der Waals surface area contributed by atoms with Crippen molar-refractivity contribution in [2.45, 2.75) is 12.6 Å². The predicted molar refractivity (Wildman–Crippen MR) is 66.3 cm³/mol. The second-order valence-corrected chi connectivity index (χ2v) is 4.21. The molecule has 0 spiro atoms. The zero-order valence-electron chi connectivity index (χ0n) is 10.3. The lowest BCUT2D eigenvalue weighted by molar-refractivity contribution is -0.199. The van der Waals surface area contributed by atoms with E-state index in [0.717, 1.165) is 10.8 Å². The van der Waals surface area contributed by atoms with Crippen molar-refractivity contribution in [3.8, 4) is 5.75 Å². The number of hydrogen-bond donors (Lipinski definition) is 1. The van der Waals surface area contributed by atoms with Crippen LogP contribution in [0.4, 0.5) is 13.2 Å². The molecule has 0 bridgehead atoms. The summed E-state index contributed by atoms with van der Waals surface area (Å²) in [6, 6.07) is 10.0. The van der Waals surface area contributed by atoms with Gasteiger partial charge in [0.1, 0.15) is 5.75 Å². The molecule has 0 aliphatic heterocycles. The van der Waals surface area contributed by atoms with E-state index in [9.17, 15) is 23.1 Å². The first-order valence-electron chi connectivity index (χ1n) is 5.82. The number of carbonyl (C=O) groups excluding carboxylic acids is 1. The molecule has 6 heteroatoms. The molecule has 2 aromatic rings. The van der Waals surface area contributed by atoms with Gasteiger partial charge in [0.2, 0.25) is 0 Å². The first-order valence-corrected chi connectivity index (χ1v) is 5.82. The van der Waals surface area contributed by atoms with Crippen LogP contribution in [0, 0.1) is 0 Å². The second kappa shape index (κ2) is 5.40. The fourth-order valence-electron chi connectivity index (χ4n) is 1.88. The van der Waals surface area contributed by atoms with Crippen LogP contribution < -0.4 is 0 Å². The Bertz CT molecular complexity index is 635. The lowest BCUT2D eigenvalue weighted by atomic mass is 10.0. The smallest absolute Gasteiger partial charge is 0.490 e. The van der Waals surface area contributed by atoms with Crippen molar-refractivity contribution >= 4 is 16.7 Å². The first-order chi connectivity index (χ1) is 9.38. The largest absolute Gasteiger partial charge is 0.508 e. The third kappa shape index (κ3) is 3.20. The average molecular weight is 284 g/mol. The molecule has 0 unspecified atom stereocenters. The van der Waals surface area contributed by atoms with Crippen molar-refractivity contribution < 1.29 is 27.8 Å². The van der Waals surface area contributed by atoms with Crippen LogP contribution >= 0.6 is 0 Å². The van der Waals surface area contributed by atoms with E-state index < -0.39 is 12.1 Å². The molecule has 0 heterocycles. The van der Waals surface area contributed by atoms with E-state index in [4.69, 9.17) is 0 Å². The normalized spacial score (nSPS) is 11.6. The Labute approximate surface area is 112 Å². The van der Waals surface area contributed by atoms with E-state index in [-0.39, 0.29) is 18.8 Å². The van der Waals surface area contributed by atoms with Crippen LogP contribution in [-0.2, 0) is 16.0 Å². The minimum atomic E-state index is -4.98. The Morgan fingerprint density at radius 1 is 1.20 bits per heavy atom. The molecule has 0 aromatic heterocycles. The molecule has 0 amide bonds. The Morgan fingerprint density at radius 3 is 2.65 bits per heavy atom. The van der Waals surface area contributed by atoms with E-state index in [1.165, 1.54) is 12.1 Å². The van der Waals surface area contributed by atoms with Crippen molar-refractivity contribution in [1.29, 1.82) is 0 Å². The number of alkyl halides is 3. The van der Waals surface area contributed by atoms with Crippen LogP contribution in [-0.4, -0.2) is 23.9 Å². The number of ether oxygens (including phenoxy) is 1. The van der Waals surface area contributed by atoms with Gasteiger partial charge in [-0.1, -0.05) is 24.3 Å². The van der Waals surface area contributed by atoms with Crippen molar-refractivity contribution in [3.63, 3.8) is 0 Å². The number of rotatable bonds is 3. The molecule has 106 valence electrons. The third-order valence-corrected chi connectivity index (χ3v) is 2.79. The molecule has 1 N–H and O–H groups in total. The molecule has 0 radical (unpaired) electrons. The quantitative estimate of drug-likeness (QED) is 0.880. The summed E-state index contributed by atoms with van der Waals surface area (Å²) in [6.45, 7) is -0.368. The van der Waals surface area contributed by atoms with E-state index in [1.54, 1.807) is 18.2 Å². The van der Waals surface area contributed by atoms with Crippen molar-refractivity contribution in [2.24, 2.45) is 0 Å². The maximum atomic E-state index is 12.0. The monoisotopic (exact) mass is 284 g/mol. The number of phenols is 1. The average Bonchev–Trinajstić information content (AvgIpc) is 2.38. The van der Waals surface area contributed by atoms with E-state index >= 15 is 0 Å². The number of fused-ring (bicyclic) bond motifs is 1. The van der Waals surface area contributed by atoms with Crippen LogP contribution in [0.5, 0.6) is 5.75 Å². The standard InChI is InChI=1S/C14H11F3O3/c15-14(16,17)13(19)20-7-6-10-3-1-2-9-4-5-11(18)8-12(9)10/h1-5,8,18H,6-7H2. The lowest BCUT2D eigenvalue weighted by Gasteiger charge is -2.09. The summed E-state index contributed by atoms with van der Waals surface area (Å²) in [5.41, 5.74) is 0.702. The molecule has 0 aliphatic rings. The summed E-state index contributed by atoms with van der Waals surface area (Å²) in [5.74, 6) is -2.13. The molecule has 2 rings (SSSR count). The Morgan fingerprint density at radius 2 is 1.95 bits per heavy atom. The number of carbonyl (C=O) groups is 1. The van der Waals surface area contributed by atoms with Crippen molar-refractivity contribution in [3.05, 3.63) is 42.0 Å². The summed E-state index contributed by atoms with van der Waals surface area (Å²) in [6.07, 6.45) is -4.83. The molecule has 0 saturated carbocycles. The van der Waals surface area contributed by atoms with Crippen LogP contribution in [0.1, 0.15) is 5.56 Å². The molecular formula is C14H11F3O3. The van der Waals surface area contributed by atoms with Gasteiger partial charge in [-0.05, 0) is 28.5 Å². The van der Waals surface area contributed by atoms with Gasteiger partial charge in [0.15, 0.2) is 0 Å². The number of phenolic OH excluding ortho intramolecular Hbond substituents is 1. The summed E-state index contributed by atoms with van der Waals surface area (Å²) < 4.78 is 40.1. The van der Waals surface area contributed by atoms with Gasteiger partial charge in [0.25, 0.3) is 0 Å². The molecule has 20 heavy (non-hydrogen) atoms. The fourth-order valence-corrected chi connectivity index (χ4v) is 1.88. The van der Waals surface area contributed by atoms with Gasteiger partial charge < -0.3 is 9.84 Å². The van der Waals surface area contributed by atoms with Gasteiger partial charge in [-0.25, -0.2) is 4.79 Å². The van der Waals surface area contributed by atoms with Gasteiger partial charge in [-0.3, -0.25) is 0 Å². The maximum absolute atomic E-state index is 12.0. The number of benzene rings is 2. The number of esters is 1. The molecule has 0 aliphatic carbocycles. The van der Waals surface area contributed by atoms with Crippen LogP contribution in [0.15, 0.2) is 36.4 Å². The van der Waals surface area contributed by atoms with Crippen molar-refractivity contribution in [1.82, 2.24) is 0 Å².